The molecule has 5 aromatic carbocycles. The van der Waals surface area contributed by atoms with Crippen molar-refractivity contribution in [2.24, 2.45) is 7.05 Å². The Kier molecular flexibility index (Phi) is 11.7. The monoisotopic (exact) mass is 962 g/mol. The molecule has 5 aromatic heterocycles. The van der Waals surface area contributed by atoms with E-state index < -0.39 is 28.7 Å². The topological polar surface area (TPSA) is 132 Å². The predicted molar refractivity (Wildman–Crippen MR) is 268 cm³/mol. The van der Waals surface area contributed by atoms with Crippen molar-refractivity contribution in [1.29, 1.82) is 0 Å². The summed E-state index contributed by atoms with van der Waals surface area (Å²) >= 11 is 8.56. The van der Waals surface area contributed by atoms with Gasteiger partial charge in [-0.25, -0.2) is 27.4 Å². The molecule has 0 spiro atoms. The number of nitrogens with zero attached hydrogens (tertiary/aromatic N) is 8. The summed E-state index contributed by atoms with van der Waals surface area (Å²) in [6.07, 6.45) is 3.47. The van der Waals surface area contributed by atoms with E-state index in [-0.39, 0.29) is 32.9 Å². The fourth-order valence-corrected chi connectivity index (χ4v) is 13.2. The van der Waals surface area contributed by atoms with Gasteiger partial charge >= 0.3 is 0 Å². The number of hydrogen-bond acceptors (Lipinski definition) is 9. The molecular weight excluding hydrogens is 916 g/mol. The molecule has 12 nitrogen and oxygen atoms in total. The number of aromatic nitrogens is 8. The number of aryl methyl sites for hydroxylation is 1. The van der Waals surface area contributed by atoms with Crippen LogP contribution in [0.5, 0.6) is 0 Å². The quantitative estimate of drug-likeness (QED) is 0.0564. The molecule has 0 saturated carbocycles. The minimum atomic E-state index is -4.21. The highest BCUT2D eigenvalue weighted by atomic mass is 35.5. The molecule has 16 heteroatoms. The third kappa shape index (κ3) is 7.93. The molecule has 1 unspecified atom stereocenters. The van der Waals surface area contributed by atoms with Gasteiger partial charge in [-0.15, -0.1) is 11.3 Å². The summed E-state index contributed by atoms with van der Waals surface area (Å²) in [6.45, 7) is 8.21. The maximum Gasteiger partial charge on any atom is 0.291 e. The number of rotatable bonds is 15. The van der Waals surface area contributed by atoms with Crippen LogP contribution in [0.1, 0.15) is 38.2 Å². The minimum absolute atomic E-state index is 0.106. The van der Waals surface area contributed by atoms with Crippen molar-refractivity contribution in [2.45, 2.75) is 54.6 Å². The number of hydrogen-bond donors (Lipinski definition) is 0. The second-order valence-electron chi connectivity index (χ2n) is 17.8. The molecular formula is C51H47ClN8O4S2Si. The van der Waals surface area contributed by atoms with E-state index in [0.29, 0.717) is 34.6 Å². The average molecular weight is 964 g/mol. The molecule has 0 N–H and O–H groups in total. The molecule has 0 aliphatic rings. The van der Waals surface area contributed by atoms with Gasteiger partial charge in [0.2, 0.25) is 0 Å². The van der Waals surface area contributed by atoms with Gasteiger partial charge in [-0.05, 0) is 46.5 Å². The Hall–Kier alpha value is -6.49. The summed E-state index contributed by atoms with van der Waals surface area (Å²) < 4.78 is 43.6. The van der Waals surface area contributed by atoms with E-state index in [1.807, 2.05) is 114 Å². The molecule has 10 aromatic rings. The van der Waals surface area contributed by atoms with Crippen LogP contribution in [0.25, 0.3) is 32.2 Å². The maximum atomic E-state index is 15.1. The van der Waals surface area contributed by atoms with Crippen LogP contribution in [0.2, 0.25) is 30.8 Å². The van der Waals surface area contributed by atoms with Crippen LogP contribution >= 0.6 is 22.9 Å². The SMILES string of the molecule is Cn1c2nc(C(c3cc(Cl)n(C(c4ccccc4)(c4ccccc4)c4ccccc4)n3)S(=O)(=O)c3ccccc3)sc2c2cnn(Cc3cccc4c3cnn4COCC[Si](C)(C)C)c(=O)c21. The van der Waals surface area contributed by atoms with Crippen molar-refractivity contribution in [3.05, 3.63) is 206 Å². The lowest BCUT2D eigenvalue weighted by molar-refractivity contribution is 0.0817. The number of halogens is 1. The third-order valence-electron chi connectivity index (χ3n) is 12.3. The van der Waals surface area contributed by atoms with Crippen molar-refractivity contribution < 1.29 is 13.2 Å². The van der Waals surface area contributed by atoms with Crippen molar-refractivity contribution in [3.8, 4) is 0 Å². The Morgan fingerprint density at radius 3 is 1.96 bits per heavy atom. The first-order chi connectivity index (χ1) is 32.4. The van der Waals surface area contributed by atoms with Crippen molar-refractivity contribution >= 4 is 73.0 Å². The first-order valence-electron chi connectivity index (χ1n) is 21.9. The zero-order valence-electron chi connectivity index (χ0n) is 37.3. The van der Waals surface area contributed by atoms with E-state index in [0.717, 1.165) is 39.2 Å². The lowest BCUT2D eigenvalue weighted by atomic mass is 9.77. The van der Waals surface area contributed by atoms with E-state index in [1.54, 1.807) is 65.1 Å². The van der Waals surface area contributed by atoms with E-state index in [1.165, 1.54) is 16.0 Å². The summed E-state index contributed by atoms with van der Waals surface area (Å²) in [5, 5.41) is 15.1. The molecule has 0 radical (unpaired) electrons. The molecule has 0 saturated heterocycles. The Morgan fingerprint density at radius 2 is 1.34 bits per heavy atom. The lowest BCUT2D eigenvalue weighted by Crippen LogP contribution is -2.39. The number of benzene rings is 5. The highest BCUT2D eigenvalue weighted by Crippen LogP contribution is 2.46. The Morgan fingerprint density at radius 1 is 0.761 bits per heavy atom. The molecule has 0 amide bonds. The van der Waals surface area contributed by atoms with E-state index in [9.17, 15) is 4.79 Å². The maximum absolute atomic E-state index is 15.1. The predicted octanol–water partition coefficient (Wildman–Crippen LogP) is 10.3. The summed E-state index contributed by atoms with van der Waals surface area (Å²) in [4.78, 5) is 19.5. The average Bonchev–Trinajstić information content (AvgIpc) is 4.11. The molecule has 1 atom stereocenters. The van der Waals surface area contributed by atoms with Crippen molar-refractivity contribution in [3.63, 3.8) is 0 Å². The minimum Gasteiger partial charge on any atom is -0.360 e. The zero-order valence-corrected chi connectivity index (χ0v) is 40.7. The Balaban J connectivity index is 1.07. The number of thiazole rings is 1. The van der Waals surface area contributed by atoms with Crippen LogP contribution in [0, 0.1) is 0 Å². The lowest BCUT2D eigenvalue weighted by Gasteiger charge is -2.37. The van der Waals surface area contributed by atoms with E-state index in [4.69, 9.17) is 26.4 Å². The fourth-order valence-electron chi connectivity index (χ4n) is 8.93. The molecule has 0 aliphatic heterocycles. The van der Waals surface area contributed by atoms with Gasteiger partial charge in [0.05, 0.1) is 39.7 Å². The first kappa shape index (κ1) is 44.3. The van der Waals surface area contributed by atoms with Crippen LogP contribution in [-0.4, -0.2) is 62.0 Å². The van der Waals surface area contributed by atoms with Gasteiger partial charge in [0, 0.05) is 38.6 Å². The number of fused-ring (bicyclic) bond motifs is 4. The summed E-state index contributed by atoms with van der Waals surface area (Å²) in [7, 11) is -3.67. The summed E-state index contributed by atoms with van der Waals surface area (Å²) in [6, 6.07) is 46.8. The van der Waals surface area contributed by atoms with Crippen molar-refractivity contribution in [2.75, 3.05) is 6.61 Å². The second-order valence-corrected chi connectivity index (χ2v) is 26.9. The van der Waals surface area contributed by atoms with Crippen LogP contribution in [0.3, 0.4) is 0 Å². The van der Waals surface area contributed by atoms with Crippen molar-refractivity contribution in [1.82, 2.24) is 38.9 Å². The highest BCUT2D eigenvalue weighted by molar-refractivity contribution is 7.92. The Labute approximate surface area is 397 Å². The zero-order chi connectivity index (χ0) is 46.5. The van der Waals surface area contributed by atoms with Crippen LogP contribution in [0.4, 0.5) is 0 Å². The van der Waals surface area contributed by atoms with Gasteiger partial charge in [0.1, 0.15) is 27.9 Å². The standard InChI is InChI=1S/C51H47ClN8O4S2Si/c1-57-45-41(32-53-58(50(45)61)33-35-18-17-27-43-40(35)31-54-59(43)34-64-28-29-67(2,3)4)46-48(57)55-49(65-46)47(66(62,63)39-25-15-8-16-26-39)42-30-44(52)60(56-42)51(36-19-9-5-10-20-36,37-21-11-6-12-22-37)38-23-13-7-14-24-38/h5-27,30-32,47H,28-29,33-34H2,1-4H3. The van der Waals surface area contributed by atoms with E-state index in [2.05, 4.69) is 29.8 Å². The molecule has 10 rings (SSSR count). The largest absolute Gasteiger partial charge is 0.360 e. The van der Waals surface area contributed by atoms with Gasteiger partial charge < -0.3 is 9.30 Å². The summed E-state index contributed by atoms with van der Waals surface area (Å²) in [5.41, 5.74) is 4.07. The first-order valence-corrected chi connectivity index (χ1v) is 28.4. The van der Waals surface area contributed by atoms with Crippen LogP contribution in [-0.2, 0) is 40.4 Å². The second kappa shape index (κ2) is 17.6. The Bertz CT molecular complexity index is 3470. The summed E-state index contributed by atoms with van der Waals surface area (Å²) in [5.74, 6) is 0. The van der Waals surface area contributed by atoms with Gasteiger partial charge in [0.15, 0.2) is 20.7 Å². The number of sulfone groups is 1. The highest BCUT2D eigenvalue weighted by Gasteiger charge is 2.43. The third-order valence-corrected chi connectivity index (χ3v) is 17.6. The normalized spacial score (nSPS) is 13.0. The molecule has 0 aliphatic carbocycles. The molecule has 5 heterocycles. The number of ether oxygens (including phenoxy) is 1. The smallest absolute Gasteiger partial charge is 0.291 e. The molecule has 0 bridgehead atoms. The molecule has 338 valence electrons. The van der Waals surface area contributed by atoms with Gasteiger partial charge in [-0.2, -0.15) is 15.3 Å². The van der Waals surface area contributed by atoms with E-state index >= 15 is 8.42 Å². The molecule has 67 heavy (non-hydrogen) atoms. The fraction of sp³-hybridized carbons (Fsp3) is 0.196. The van der Waals surface area contributed by atoms with Gasteiger partial charge in [-0.1, -0.05) is 153 Å². The van der Waals surface area contributed by atoms with Crippen LogP contribution in [0.15, 0.2) is 168 Å². The van der Waals surface area contributed by atoms with Gasteiger partial charge in [0.25, 0.3) is 5.56 Å². The van der Waals surface area contributed by atoms with Gasteiger partial charge in [-0.3, -0.25) is 4.79 Å². The van der Waals surface area contributed by atoms with Crippen LogP contribution < -0.4 is 5.56 Å². The molecule has 0 fully saturated rings.